The quantitative estimate of drug-likeness (QED) is 0.590. The lowest BCUT2D eigenvalue weighted by molar-refractivity contribution is -0.115. The zero-order chi connectivity index (χ0) is 17.7. The highest BCUT2D eigenvalue weighted by molar-refractivity contribution is 6.74. The third-order valence-electron chi connectivity index (χ3n) is 4.37. The number of carbonyl (C=O) groups excluding carboxylic acids is 1. The van der Waals surface area contributed by atoms with Crippen molar-refractivity contribution in [2.45, 2.75) is 57.5 Å². The Labute approximate surface area is 139 Å². The van der Waals surface area contributed by atoms with E-state index in [0.717, 1.165) is 5.56 Å². The monoisotopic (exact) mass is 337 g/mol. The van der Waals surface area contributed by atoms with Crippen molar-refractivity contribution in [3.63, 3.8) is 0 Å². The number of aldehydes is 1. The van der Waals surface area contributed by atoms with Crippen molar-refractivity contribution in [1.29, 1.82) is 0 Å². The number of carboxylic acid groups (broad SMARTS) is 1. The van der Waals surface area contributed by atoms with Gasteiger partial charge in [-0.2, -0.15) is 0 Å². The van der Waals surface area contributed by atoms with Crippen molar-refractivity contribution in [3.8, 4) is 0 Å². The Morgan fingerprint density at radius 2 is 1.87 bits per heavy atom. The lowest BCUT2D eigenvalue weighted by Crippen LogP contribution is -2.53. The van der Waals surface area contributed by atoms with Crippen LogP contribution in [0.5, 0.6) is 0 Å². The Morgan fingerprint density at radius 3 is 2.30 bits per heavy atom. The Morgan fingerprint density at radius 1 is 1.30 bits per heavy atom. The molecule has 0 saturated carbocycles. The molecule has 1 amide bonds. The predicted octanol–water partition coefficient (Wildman–Crippen LogP) is 3.45. The first-order chi connectivity index (χ1) is 10.6. The highest BCUT2D eigenvalue weighted by atomic mass is 28.4. The summed E-state index contributed by atoms with van der Waals surface area (Å²) in [6, 6.07) is 8.87. The van der Waals surface area contributed by atoms with E-state index in [9.17, 15) is 9.59 Å². The largest absolute Gasteiger partial charge is 0.465 e. The van der Waals surface area contributed by atoms with Gasteiger partial charge in [0.15, 0.2) is 8.32 Å². The zero-order valence-electron chi connectivity index (χ0n) is 14.5. The molecule has 1 aromatic carbocycles. The van der Waals surface area contributed by atoms with E-state index in [0.29, 0.717) is 12.7 Å². The fourth-order valence-electron chi connectivity index (χ4n) is 2.00. The molecule has 0 saturated heterocycles. The molecule has 1 aromatic rings. The van der Waals surface area contributed by atoms with E-state index in [1.54, 1.807) is 0 Å². The van der Waals surface area contributed by atoms with E-state index in [1.807, 2.05) is 43.4 Å². The summed E-state index contributed by atoms with van der Waals surface area (Å²) in [5.41, 5.74) is 0.955. The molecule has 5 nitrogen and oxygen atoms in total. The van der Waals surface area contributed by atoms with Gasteiger partial charge in [0.1, 0.15) is 12.4 Å². The van der Waals surface area contributed by atoms with Crippen molar-refractivity contribution >= 4 is 20.7 Å². The average Bonchev–Trinajstić information content (AvgIpc) is 2.43. The van der Waals surface area contributed by atoms with Crippen LogP contribution in [0, 0.1) is 0 Å². The normalized spacial score (nSPS) is 14.8. The molecular weight excluding hydrogens is 310 g/mol. The smallest absolute Gasteiger partial charge is 0.404 e. The van der Waals surface area contributed by atoms with Gasteiger partial charge in [0.05, 0.1) is 6.04 Å². The van der Waals surface area contributed by atoms with Crippen molar-refractivity contribution in [2.75, 3.05) is 0 Å². The van der Waals surface area contributed by atoms with Crippen LogP contribution in [-0.4, -0.2) is 37.9 Å². The van der Waals surface area contributed by atoms with Crippen LogP contribution in [0.1, 0.15) is 26.3 Å². The second-order valence-corrected chi connectivity index (χ2v) is 12.0. The van der Waals surface area contributed by atoms with E-state index >= 15 is 0 Å². The maximum Gasteiger partial charge on any atom is 0.404 e. The summed E-state index contributed by atoms with van der Waals surface area (Å²) in [6.07, 6.45) is -0.835. The fraction of sp³-hybridized carbons (Fsp3) is 0.529. The molecule has 0 fully saturated rings. The van der Waals surface area contributed by atoms with Crippen molar-refractivity contribution < 1.29 is 19.1 Å². The van der Waals surface area contributed by atoms with Gasteiger partial charge in [-0.3, -0.25) is 0 Å². The number of rotatable bonds is 7. The van der Waals surface area contributed by atoms with Crippen LogP contribution in [-0.2, 0) is 15.6 Å². The standard InChI is InChI=1S/C17H27NO4Si/c1-17(2,3)23(4,5)22-15(12-19)14(18-16(20)21)11-13-9-7-6-8-10-13/h6-10,12,14-15,18H,11H2,1-5H3,(H,20,21)/t14-,15+/m0/s1. The molecule has 23 heavy (non-hydrogen) atoms. The van der Waals surface area contributed by atoms with Gasteiger partial charge in [0.25, 0.3) is 0 Å². The molecule has 6 heteroatoms. The number of nitrogens with one attached hydrogen (secondary N) is 1. The van der Waals surface area contributed by atoms with Crippen molar-refractivity contribution in [3.05, 3.63) is 35.9 Å². The first kappa shape index (κ1) is 19.4. The molecule has 0 radical (unpaired) electrons. The van der Waals surface area contributed by atoms with Crippen molar-refractivity contribution in [2.24, 2.45) is 0 Å². The van der Waals surface area contributed by atoms with Crippen LogP contribution in [0.15, 0.2) is 30.3 Å². The highest BCUT2D eigenvalue weighted by Gasteiger charge is 2.41. The maximum atomic E-state index is 11.6. The van der Waals surface area contributed by atoms with E-state index < -0.39 is 26.6 Å². The van der Waals surface area contributed by atoms with Gasteiger partial charge in [0, 0.05) is 0 Å². The molecule has 0 spiro atoms. The van der Waals surface area contributed by atoms with E-state index in [1.165, 1.54) is 0 Å². The Balaban J connectivity index is 2.98. The summed E-state index contributed by atoms with van der Waals surface area (Å²) in [5.74, 6) is 0. The molecule has 0 aromatic heterocycles. The lowest BCUT2D eigenvalue weighted by atomic mass is 10.0. The number of amides is 1. The fourth-order valence-corrected chi connectivity index (χ4v) is 3.25. The van der Waals surface area contributed by atoms with Gasteiger partial charge in [-0.05, 0) is 30.1 Å². The Kier molecular flexibility index (Phi) is 6.53. The lowest BCUT2D eigenvalue weighted by Gasteiger charge is -2.39. The van der Waals surface area contributed by atoms with Gasteiger partial charge in [-0.15, -0.1) is 0 Å². The molecule has 128 valence electrons. The number of benzene rings is 1. The topological polar surface area (TPSA) is 75.6 Å². The predicted molar refractivity (Wildman–Crippen MR) is 93.2 cm³/mol. The first-order valence-electron chi connectivity index (χ1n) is 7.73. The second kappa shape index (κ2) is 7.74. The van der Waals surface area contributed by atoms with Crippen LogP contribution in [0.2, 0.25) is 18.1 Å². The van der Waals surface area contributed by atoms with Gasteiger partial charge >= 0.3 is 6.09 Å². The van der Waals surface area contributed by atoms with Crippen molar-refractivity contribution in [1.82, 2.24) is 5.32 Å². The summed E-state index contributed by atoms with van der Waals surface area (Å²) in [7, 11) is -2.18. The number of hydrogen-bond acceptors (Lipinski definition) is 3. The molecule has 0 unspecified atom stereocenters. The summed E-state index contributed by atoms with van der Waals surface area (Å²) in [5, 5.41) is 11.5. The van der Waals surface area contributed by atoms with E-state index in [2.05, 4.69) is 26.1 Å². The van der Waals surface area contributed by atoms with Crippen LogP contribution in [0.25, 0.3) is 0 Å². The van der Waals surface area contributed by atoms with Gasteiger partial charge in [0.2, 0.25) is 0 Å². The van der Waals surface area contributed by atoms with Crippen LogP contribution in [0.4, 0.5) is 4.79 Å². The van der Waals surface area contributed by atoms with E-state index in [-0.39, 0.29) is 5.04 Å². The minimum Gasteiger partial charge on any atom is -0.465 e. The minimum atomic E-state index is -2.18. The Hall–Kier alpha value is -1.66. The van der Waals surface area contributed by atoms with Gasteiger partial charge < -0.3 is 19.6 Å². The molecule has 1 rings (SSSR count). The molecule has 0 aliphatic rings. The molecule has 0 aliphatic carbocycles. The SMILES string of the molecule is CC(C)(C)[Si](C)(C)O[C@H](C=O)[C@H](Cc1ccccc1)NC(=O)O. The molecule has 0 heterocycles. The van der Waals surface area contributed by atoms with Crippen LogP contribution < -0.4 is 5.32 Å². The van der Waals surface area contributed by atoms with Crippen LogP contribution >= 0.6 is 0 Å². The summed E-state index contributed by atoms with van der Waals surface area (Å²) in [6.45, 7) is 10.3. The molecule has 2 N–H and O–H groups in total. The summed E-state index contributed by atoms with van der Waals surface area (Å²) < 4.78 is 6.13. The molecule has 0 aliphatic heterocycles. The first-order valence-corrected chi connectivity index (χ1v) is 10.6. The highest BCUT2D eigenvalue weighted by Crippen LogP contribution is 2.37. The second-order valence-electron chi connectivity index (χ2n) is 7.22. The average molecular weight is 337 g/mol. The summed E-state index contributed by atoms with van der Waals surface area (Å²) >= 11 is 0. The Bertz CT molecular complexity index is 525. The van der Waals surface area contributed by atoms with E-state index in [4.69, 9.17) is 9.53 Å². The molecule has 0 bridgehead atoms. The number of hydrogen-bond donors (Lipinski definition) is 2. The maximum absolute atomic E-state index is 11.6. The molecule has 2 atom stereocenters. The minimum absolute atomic E-state index is 0.0607. The summed E-state index contributed by atoms with van der Waals surface area (Å²) in [4.78, 5) is 22.7. The zero-order valence-corrected chi connectivity index (χ0v) is 15.5. The van der Waals surface area contributed by atoms with Crippen LogP contribution in [0.3, 0.4) is 0 Å². The van der Waals surface area contributed by atoms with Gasteiger partial charge in [-0.1, -0.05) is 51.1 Å². The van der Waals surface area contributed by atoms with Gasteiger partial charge in [-0.25, -0.2) is 4.79 Å². The molecular formula is C17H27NO4Si. The third-order valence-corrected chi connectivity index (χ3v) is 8.85. The third kappa shape index (κ3) is 5.80. The number of carbonyl (C=O) groups is 2.